The number of halogens is 1. The Morgan fingerprint density at radius 3 is 2.44 bits per heavy atom. The Balaban J connectivity index is 2.46. The molecule has 0 aliphatic heterocycles. The number of thiophene rings is 1. The molecular formula is C13H6BrNS. The normalized spacial score (nSPS) is 10.8. The highest BCUT2D eigenvalue weighted by atomic mass is 79.9. The van der Waals surface area contributed by atoms with Gasteiger partial charge in [0, 0.05) is 24.6 Å². The maximum Gasteiger partial charge on any atom is 0.0992 e. The summed E-state index contributed by atoms with van der Waals surface area (Å²) in [5.74, 6) is 0. The van der Waals surface area contributed by atoms with Gasteiger partial charge in [0.2, 0.25) is 0 Å². The van der Waals surface area contributed by atoms with Gasteiger partial charge in [0.15, 0.2) is 0 Å². The van der Waals surface area contributed by atoms with Crippen LogP contribution in [0.1, 0.15) is 5.56 Å². The molecule has 0 atom stereocenters. The number of nitriles is 1. The van der Waals surface area contributed by atoms with Crippen molar-refractivity contribution >= 4 is 47.4 Å². The molecule has 0 N–H and O–H groups in total. The van der Waals surface area contributed by atoms with Gasteiger partial charge in [-0.15, -0.1) is 11.3 Å². The molecule has 3 heteroatoms. The quantitative estimate of drug-likeness (QED) is 0.588. The first kappa shape index (κ1) is 9.83. The SMILES string of the molecule is N#Cc1ccc2c(c1)sc1cc(Br)ccc12. The van der Waals surface area contributed by atoms with Gasteiger partial charge < -0.3 is 0 Å². The molecule has 0 fully saturated rings. The molecule has 3 rings (SSSR count). The fourth-order valence-corrected chi connectivity index (χ4v) is 3.52. The summed E-state index contributed by atoms with van der Waals surface area (Å²) in [6.45, 7) is 0. The van der Waals surface area contributed by atoms with Crippen molar-refractivity contribution in [1.82, 2.24) is 0 Å². The number of rotatable bonds is 0. The third kappa shape index (κ3) is 1.42. The van der Waals surface area contributed by atoms with Crippen LogP contribution in [0.5, 0.6) is 0 Å². The highest BCUT2D eigenvalue weighted by Gasteiger charge is 2.05. The predicted octanol–water partition coefficient (Wildman–Crippen LogP) is 4.69. The predicted molar refractivity (Wildman–Crippen MR) is 71.7 cm³/mol. The fourth-order valence-electron chi connectivity index (χ4n) is 1.82. The molecule has 0 bridgehead atoms. The molecule has 0 aliphatic carbocycles. The van der Waals surface area contributed by atoms with Gasteiger partial charge in [0.1, 0.15) is 0 Å². The van der Waals surface area contributed by atoms with Crippen molar-refractivity contribution in [2.24, 2.45) is 0 Å². The van der Waals surface area contributed by atoms with Crippen LogP contribution in [0.15, 0.2) is 40.9 Å². The van der Waals surface area contributed by atoms with Gasteiger partial charge in [-0.3, -0.25) is 0 Å². The molecular weight excluding hydrogens is 282 g/mol. The van der Waals surface area contributed by atoms with Crippen molar-refractivity contribution in [3.63, 3.8) is 0 Å². The molecule has 0 saturated carbocycles. The highest BCUT2D eigenvalue weighted by Crippen LogP contribution is 2.35. The van der Waals surface area contributed by atoms with Gasteiger partial charge in [-0.1, -0.05) is 28.1 Å². The highest BCUT2D eigenvalue weighted by molar-refractivity contribution is 9.10. The monoisotopic (exact) mass is 287 g/mol. The smallest absolute Gasteiger partial charge is 0.0992 e. The van der Waals surface area contributed by atoms with Crippen LogP contribution in [-0.2, 0) is 0 Å². The molecule has 3 aromatic rings. The summed E-state index contributed by atoms with van der Waals surface area (Å²) in [4.78, 5) is 0. The molecule has 0 aliphatic rings. The van der Waals surface area contributed by atoms with Gasteiger partial charge in [-0.05, 0) is 24.3 Å². The summed E-state index contributed by atoms with van der Waals surface area (Å²) in [5, 5.41) is 11.3. The van der Waals surface area contributed by atoms with E-state index in [9.17, 15) is 0 Å². The van der Waals surface area contributed by atoms with Gasteiger partial charge in [-0.25, -0.2) is 0 Å². The molecule has 2 aromatic carbocycles. The van der Waals surface area contributed by atoms with Crippen LogP contribution in [0, 0.1) is 11.3 Å². The first-order valence-corrected chi connectivity index (χ1v) is 6.41. The largest absolute Gasteiger partial charge is 0.192 e. The summed E-state index contributed by atoms with van der Waals surface area (Å²) in [6.07, 6.45) is 0. The van der Waals surface area contributed by atoms with E-state index in [0.717, 1.165) is 10.0 Å². The van der Waals surface area contributed by atoms with Crippen LogP contribution in [0.2, 0.25) is 0 Å². The summed E-state index contributed by atoms with van der Waals surface area (Å²) < 4.78 is 3.51. The minimum atomic E-state index is 0.720. The van der Waals surface area contributed by atoms with E-state index in [2.05, 4.69) is 34.1 Å². The van der Waals surface area contributed by atoms with E-state index >= 15 is 0 Å². The summed E-state index contributed by atoms with van der Waals surface area (Å²) >= 11 is 5.20. The molecule has 1 nitrogen and oxygen atoms in total. The van der Waals surface area contributed by atoms with Crippen molar-refractivity contribution in [3.8, 4) is 6.07 Å². The van der Waals surface area contributed by atoms with Crippen LogP contribution in [0.25, 0.3) is 20.2 Å². The second-order valence-corrected chi connectivity index (χ2v) is 5.56. The zero-order chi connectivity index (χ0) is 11.1. The number of benzene rings is 2. The van der Waals surface area contributed by atoms with Gasteiger partial charge in [-0.2, -0.15) is 5.26 Å². The zero-order valence-corrected chi connectivity index (χ0v) is 10.6. The number of hydrogen-bond acceptors (Lipinski definition) is 2. The fraction of sp³-hybridized carbons (Fsp3) is 0. The van der Waals surface area contributed by atoms with Crippen molar-refractivity contribution in [2.75, 3.05) is 0 Å². The van der Waals surface area contributed by atoms with E-state index < -0.39 is 0 Å². The Kier molecular flexibility index (Phi) is 2.20. The molecule has 0 radical (unpaired) electrons. The van der Waals surface area contributed by atoms with Gasteiger partial charge in [0.05, 0.1) is 11.6 Å². The maximum absolute atomic E-state index is 8.86. The van der Waals surface area contributed by atoms with Crippen LogP contribution >= 0.6 is 27.3 Å². The lowest BCUT2D eigenvalue weighted by atomic mass is 10.1. The Hall–Kier alpha value is -1.37. The first-order valence-electron chi connectivity index (χ1n) is 4.80. The van der Waals surface area contributed by atoms with Crippen LogP contribution < -0.4 is 0 Å². The summed E-state index contributed by atoms with van der Waals surface area (Å²) in [7, 11) is 0. The molecule has 0 amide bonds. The molecule has 1 heterocycles. The molecule has 0 spiro atoms. The number of hydrogen-bond donors (Lipinski definition) is 0. The van der Waals surface area contributed by atoms with Gasteiger partial charge in [0.25, 0.3) is 0 Å². The molecule has 1 aromatic heterocycles. The minimum absolute atomic E-state index is 0.720. The van der Waals surface area contributed by atoms with E-state index in [0.29, 0.717) is 0 Å². The third-order valence-electron chi connectivity index (χ3n) is 2.56. The average molecular weight is 288 g/mol. The van der Waals surface area contributed by atoms with Crippen LogP contribution in [-0.4, -0.2) is 0 Å². The molecule has 0 unspecified atom stereocenters. The van der Waals surface area contributed by atoms with E-state index in [4.69, 9.17) is 5.26 Å². The Morgan fingerprint density at radius 1 is 1.00 bits per heavy atom. The van der Waals surface area contributed by atoms with E-state index in [-0.39, 0.29) is 0 Å². The van der Waals surface area contributed by atoms with E-state index in [1.54, 1.807) is 11.3 Å². The van der Waals surface area contributed by atoms with Crippen molar-refractivity contribution in [2.45, 2.75) is 0 Å². The topological polar surface area (TPSA) is 23.8 Å². The van der Waals surface area contributed by atoms with Crippen molar-refractivity contribution < 1.29 is 0 Å². The Morgan fingerprint density at radius 2 is 1.69 bits per heavy atom. The molecule has 16 heavy (non-hydrogen) atoms. The van der Waals surface area contributed by atoms with E-state index in [1.165, 1.54) is 20.2 Å². The first-order chi connectivity index (χ1) is 7.78. The minimum Gasteiger partial charge on any atom is -0.192 e. The molecule has 0 saturated heterocycles. The second kappa shape index (κ2) is 3.58. The lowest BCUT2D eigenvalue weighted by Crippen LogP contribution is -1.71. The summed E-state index contributed by atoms with van der Waals surface area (Å²) in [6, 6.07) is 14.3. The number of nitrogens with zero attached hydrogens (tertiary/aromatic N) is 1. The zero-order valence-electron chi connectivity index (χ0n) is 8.20. The number of fused-ring (bicyclic) bond motifs is 3. The van der Waals surface area contributed by atoms with Gasteiger partial charge >= 0.3 is 0 Å². The molecule has 76 valence electrons. The lowest BCUT2D eigenvalue weighted by molar-refractivity contribution is 1.50. The van der Waals surface area contributed by atoms with Crippen molar-refractivity contribution in [1.29, 1.82) is 5.26 Å². The van der Waals surface area contributed by atoms with Crippen molar-refractivity contribution in [3.05, 3.63) is 46.4 Å². The van der Waals surface area contributed by atoms with E-state index in [1.807, 2.05) is 24.3 Å². The lowest BCUT2D eigenvalue weighted by Gasteiger charge is -1.92. The maximum atomic E-state index is 8.86. The van der Waals surface area contributed by atoms with Crippen LogP contribution in [0.4, 0.5) is 0 Å². The average Bonchev–Trinajstić information content (AvgIpc) is 2.64. The second-order valence-electron chi connectivity index (χ2n) is 3.57. The third-order valence-corrected chi connectivity index (χ3v) is 4.17. The van der Waals surface area contributed by atoms with Crippen LogP contribution in [0.3, 0.4) is 0 Å². The Bertz CT molecular complexity index is 737. The standard InChI is InChI=1S/C13H6BrNS/c14-9-2-4-11-10-3-1-8(7-15)5-12(10)16-13(11)6-9/h1-6H. The summed E-state index contributed by atoms with van der Waals surface area (Å²) in [5.41, 5.74) is 0.720. The Labute approximate surface area is 105 Å².